The number of rotatable bonds is 4. The van der Waals surface area contributed by atoms with Gasteiger partial charge in [0.15, 0.2) is 0 Å². The molecule has 0 amide bonds. The highest BCUT2D eigenvalue weighted by molar-refractivity contribution is 7.07. The van der Waals surface area contributed by atoms with Crippen LogP contribution in [0.3, 0.4) is 0 Å². The molecule has 2 nitrogen and oxygen atoms in total. The summed E-state index contributed by atoms with van der Waals surface area (Å²) >= 11 is 1.69. The summed E-state index contributed by atoms with van der Waals surface area (Å²) in [5.74, 6) is 0. The van der Waals surface area contributed by atoms with Crippen LogP contribution >= 0.6 is 11.3 Å². The van der Waals surface area contributed by atoms with Gasteiger partial charge in [-0.3, -0.25) is 4.98 Å². The molecule has 0 atom stereocenters. The van der Waals surface area contributed by atoms with Crippen molar-refractivity contribution in [1.82, 2.24) is 9.97 Å². The van der Waals surface area contributed by atoms with E-state index < -0.39 is 0 Å². The van der Waals surface area contributed by atoms with Gasteiger partial charge in [-0.05, 0) is 25.0 Å². The standard InChI is InChI=1S/C8H13NS.C5H5N/c1-2-3-4-5-8-6-10-7-9-8;1-2-4-6-5-3-1/h6-7H,2-5H2,1H3;1-5H. The maximum absolute atomic E-state index is 4.21. The molecular formula is C13H18N2S. The van der Waals surface area contributed by atoms with Gasteiger partial charge in [-0.15, -0.1) is 11.3 Å². The van der Waals surface area contributed by atoms with Gasteiger partial charge in [0.05, 0.1) is 11.2 Å². The molecule has 0 aliphatic carbocycles. The van der Waals surface area contributed by atoms with E-state index in [-0.39, 0.29) is 0 Å². The minimum Gasteiger partial charge on any atom is -0.265 e. The molecule has 0 fully saturated rings. The largest absolute Gasteiger partial charge is 0.265 e. The lowest BCUT2D eigenvalue weighted by Gasteiger charge is -1.92. The minimum absolute atomic E-state index is 1.16. The highest BCUT2D eigenvalue weighted by Crippen LogP contribution is 2.06. The Labute approximate surface area is 101 Å². The van der Waals surface area contributed by atoms with Crippen LogP contribution in [0.5, 0.6) is 0 Å². The average molecular weight is 234 g/mol. The molecule has 86 valence electrons. The summed E-state index contributed by atoms with van der Waals surface area (Å²) in [6.07, 6.45) is 8.58. The normalized spacial score (nSPS) is 9.31. The van der Waals surface area contributed by atoms with Gasteiger partial charge in [0, 0.05) is 17.8 Å². The number of pyridine rings is 1. The van der Waals surface area contributed by atoms with Crippen molar-refractivity contribution in [3.8, 4) is 0 Å². The number of hydrogen-bond acceptors (Lipinski definition) is 3. The zero-order valence-corrected chi connectivity index (χ0v) is 10.5. The van der Waals surface area contributed by atoms with E-state index in [0.717, 1.165) is 6.42 Å². The average Bonchev–Trinajstić information content (AvgIpc) is 2.86. The van der Waals surface area contributed by atoms with Crippen LogP contribution in [0.4, 0.5) is 0 Å². The lowest BCUT2D eigenvalue weighted by atomic mass is 10.2. The molecule has 0 aromatic carbocycles. The van der Waals surface area contributed by atoms with E-state index in [1.165, 1.54) is 25.0 Å². The molecule has 0 spiro atoms. The van der Waals surface area contributed by atoms with Crippen molar-refractivity contribution in [1.29, 1.82) is 0 Å². The first-order valence-electron chi connectivity index (χ1n) is 5.65. The van der Waals surface area contributed by atoms with Gasteiger partial charge < -0.3 is 0 Å². The van der Waals surface area contributed by atoms with Crippen molar-refractivity contribution in [3.63, 3.8) is 0 Å². The molecule has 0 saturated heterocycles. The summed E-state index contributed by atoms with van der Waals surface area (Å²) in [5.41, 5.74) is 3.17. The molecule has 2 aromatic heterocycles. The van der Waals surface area contributed by atoms with E-state index in [1.54, 1.807) is 23.7 Å². The highest BCUT2D eigenvalue weighted by atomic mass is 32.1. The predicted octanol–water partition coefficient (Wildman–Crippen LogP) is 3.96. The first-order chi connectivity index (χ1) is 7.93. The van der Waals surface area contributed by atoms with Gasteiger partial charge >= 0.3 is 0 Å². The Morgan fingerprint density at radius 1 is 1.12 bits per heavy atom. The fourth-order valence-electron chi connectivity index (χ4n) is 1.23. The molecule has 0 aliphatic rings. The number of unbranched alkanes of at least 4 members (excludes halogenated alkanes) is 2. The first-order valence-corrected chi connectivity index (χ1v) is 6.60. The van der Waals surface area contributed by atoms with Crippen LogP contribution in [0.15, 0.2) is 41.5 Å². The van der Waals surface area contributed by atoms with Gasteiger partial charge in [0.25, 0.3) is 0 Å². The van der Waals surface area contributed by atoms with Crippen molar-refractivity contribution in [2.24, 2.45) is 0 Å². The fraction of sp³-hybridized carbons (Fsp3) is 0.385. The van der Waals surface area contributed by atoms with E-state index in [0.29, 0.717) is 0 Å². The maximum atomic E-state index is 4.21. The van der Waals surface area contributed by atoms with Crippen LogP contribution in [-0.4, -0.2) is 9.97 Å². The van der Waals surface area contributed by atoms with E-state index in [1.807, 2.05) is 23.7 Å². The second kappa shape index (κ2) is 9.04. The van der Waals surface area contributed by atoms with Crippen LogP contribution in [0.1, 0.15) is 31.9 Å². The summed E-state index contributed by atoms with van der Waals surface area (Å²) in [7, 11) is 0. The molecule has 0 aliphatic heterocycles. The molecule has 0 bridgehead atoms. The predicted molar refractivity (Wildman–Crippen MR) is 69.6 cm³/mol. The summed E-state index contributed by atoms with van der Waals surface area (Å²) < 4.78 is 0. The third-order valence-corrected chi connectivity index (χ3v) is 2.72. The quantitative estimate of drug-likeness (QED) is 0.748. The number of nitrogens with zero attached hydrogens (tertiary/aromatic N) is 2. The van der Waals surface area contributed by atoms with E-state index in [9.17, 15) is 0 Å². The second-order valence-electron chi connectivity index (χ2n) is 3.46. The lowest BCUT2D eigenvalue weighted by molar-refractivity contribution is 0.710. The van der Waals surface area contributed by atoms with Gasteiger partial charge in [-0.1, -0.05) is 25.8 Å². The number of hydrogen-bond donors (Lipinski definition) is 0. The van der Waals surface area contributed by atoms with Gasteiger partial charge in [0.1, 0.15) is 0 Å². The van der Waals surface area contributed by atoms with Gasteiger partial charge in [0.2, 0.25) is 0 Å². The molecular weight excluding hydrogens is 216 g/mol. The Hall–Kier alpha value is -1.22. The topological polar surface area (TPSA) is 25.8 Å². The van der Waals surface area contributed by atoms with Gasteiger partial charge in [-0.25, -0.2) is 4.98 Å². The van der Waals surface area contributed by atoms with Crippen LogP contribution < -0.4 is 0 Å². The van der Waals surface area contributed by atoms with Crippen molar-refractivity contribution in [2.75, 3.05) is 0 Å². The van der Waals surface area contributed by atoms with Crippen molar-refractivity contribution in [2.45, 2.75) is 32.6 Å². The summed E-state index contributed by atoms with van der Waals surface area (Å²) in [5, 5.41) is 2.13. The first kappa shape index (κ1) is 12.8. The van der Waals surface area contributed by atoms with Crippen LogP contribution in [0.2, 0.25) is 0 Å². The van der Waals surface area contributed by atoms with Crippen LogP contribution in [0.25, 0.3) is 0 Å². The van der Waals surface area contributed by atoms with Crippen molar-refractivity contribution < 1.29 is 0 Å². The lowest BCUT2D eigenvalue weighted by Crippen LogP contribution is -1.83. The molecule has 0 radical (unpaired) electrons. The second-order valence-corrected chi connectivity index (χ2v) is 4.18. The molecule has 16 heavy (non-hydrogen) atoms. The molecule has 2 aromatic rings. The molecule has 0 N–H and O–H groups in total. The Balaban J connectivity index is 0.000000181. The molecule has 2 heterocycles. The minimum atomic E-state index is 1.16. The highest BCUT2D eigenvalue weighted by Gasteiger charge is 1.92. The maximum Gasteiger partial charge on any atom is 0.0794 e. The SMILES string of the molecule is CCCCCc1cscn1.c1ccncc1. The number of thiazole rings is 1. The third-order valence-electron chi connectivity index (χ3n) is 2.09. The monoisotopic (exact) mass is 234 g/mol. The Bertz CT molecular complexity index is 305. The zero-order valence-electron chi connectivity index (χ0n) is 9.67. The van der Waals surface area contributed by atoms with E-state index in [2.05, 4.69) is 22.3 Å². The van der Waals surface area contributed by atoms with Crippen LogP contribution in [-0.2, 0) is 6.42 Å². The Morgan fingerprint density at radius 2 is 1.94 bits per heavy atom. The van der Waals surface area contributed by atoms with Crippen molar-refractivity contribution >= 4 is 11.3 Å². The van der Waals surface area contributed by atoms with Crippen LogP contribution in [0, 0.1) is 0 Å². The molecule has 3 heteroatoms. The smallest absolute Gasteiger partial charge is 0.0794 e. The van der Waals surface area contributed by atoms with Crippen molar-refractivity contribution in [3.05, 3.63) is 47.2 Å². The van der Waals surface area contributed by atoms with E-state index in [4.69, 9.17) is 0 Å². The summed E-state index contributed by atoms with van der Waals surface area (Å²) in [4.78, 5) is 7.99. The molecule has 0 unspecified atom stereocenters. The third kappa shape index (κ3) is 6.30. The Morgan fingerprint density at radius 3 is 2.38 bits per heavy atom. The zero-order chi connectivity index (χ0) is 11.5. The molecule has 0 saturated carbocycles. The molecule has 2 rings (SSSR count). The Kier molecular flexibility index (Phi) is 7.26. The summed E-state index contributed by atoms with van der Waals surface area (Å²) in [6.45, 7) is 2.22. The fourth-order valence-corrected chi connectivity index (χ4v) is 1.82. The summed E-state index contributed by atoms with van der Waals surface area (Å²) in [6, 6.07) is 5.72. The van der Waals surface area contributed by atoms with E-state index >= 15 is 0 Å². The number of aromatic nitrogens is 2. The van der Waals surface area contributed by atoms with Gasteiger partial charge in [-0.2, -0.15) is 0 Å². The number of aryl methyl sites for hydroxylation is 1.